The number of piperidine rings is 1. The number of rotatable bonds is 2. The lowest BCUT2D eigenvalue weighted by molar-refractivity contribution is -0.0279. The topological polar surface area (TPSA) is 52.8 Å². The summed E-state index contributed by atoms with van der Waals surface area (Å²) >= 11 is 0. The lowest BCUT2D eigenvalue weighted by Crippen LogP contribution is -2.65. The molecule has 0 aromatic rings. The van der Waals surface area contributed by atoms with Crippen LogP contribution in [0.2, 0.25) is 0 Å². The molecule has 2 rings (SSSR count). The molecule has 2 saturated heterocycles. The molecule has 0 aliphatic carbocycles. The summed E-state index contributed by atoms with van der Waals surface area (Å²) in [5.74, 6) is 0. The van der Waals surface area contributed by atoms with Crippen molar-refractivity contribution in [3.8, 4) is 0 Å². The van der Waals surface area contributed by atoms with Gasteiger partial charge in [0.15, 0.2) is 0 Å². The number of amides is 2. The third-order valence-corrected chi connectivity index (χ3v) is 4.49. The number of primary amides is 1. The summed E-state index contributed by atoms with van der Waals surface area (Å²) in [5.41, 5.74) is 5.64. The van der Waals surface area contributed by atoms with E-state index >= 15 is 0 Å². The van der Waals surface area contributed by atoms with E-state index < -0.39 is 0 Å². The van der Waals surface area contributed by atoms with Crippen molar-refractivity contribution in [2.24, 2.45) is 5.73 Å². The Bertz CT molecular complexity index is 299. The standard InChI is InChI=1S/C13H26N4O/c1-3-6-17-10-9-15(2)11-13(17)4-7-16(8-5-13)12(14)18/h3-11H2,1-2H3,(H2,14,18). The number of urea groups is 1. The van der Waals surface area contributed by atoms with E-state index in [4.69, 9.17) is 5.73 Å². The zero-order valence-electron chi connectivity index (χ0n) is 11.7. The first kappa shape index (κ1) is 13.6. The Morgan fingerprint density at radius 2 is 1.89 bits per heavy atom. The van der Waals surface area contributed by atoms with Crippen LogP contribution >= 0.6 is 0 Å². The molecule has 2 aliphatic heterocycles. The summed E-state index contributed by atoms with van der Waals surface area (Å²) in [6.07, 6.45) is 3.31. The van der Waals surface area contributed by atoms with Gasteiger partial charge in [-0.25, -0.2) is 4.79 Å². The second kappa shape index (κ2) is 5.45. The summed E-state index contributed by atoms with van der Waals surface area (Å²) in [5, 5.41) is 0. The van der Waals surface area contributed by atoms with E-state index in [0.29, 0.717) is 0 Å². The molecule has 18 heavy (non-hydrogen) atoms. The van der Waals surface area contributed by atoms with Gasteiger partial charge in [-0.1, -0.05) is 6.92 Å². The summed E-state index contributed by atoms with van der Waals surface area (Å²) < 4.78 is 0. The van der Waals surface area contributed by atoms with E-state index in [2.05, 4.69) is 23.8 Å². The first-order valence-electron chi connectivity index (χ1n) is 7.05. The van der Waals surface area contributed by atoms with E-state index in [1.165, 1.54) is 13.0 Å². The fourth-order valence-corrected chi connectivity index (χ4v) is 3.45. The van der Waals surface area contributed by atoms with Crippen LogP contribution in [0.25, 0.3) is 0 Å². The number of likely N-dealkylation sites (tertiary alicyclic amines) is 1. The van der Waals surface area contributed by atoms with Crippen molar-refractivity contribution in [2.75, 3.05) is 46.3 Å². The van der Waals surface area contributed by atoms with E-state index in [1.807, 2.05) is 0 Å². The predicted molar refractivity (Wildman–Crippen MR) is 72.5 cm³/mol. The first-order chi connectivity index (χ1) is 8.57. The Balaban J connectivity index is 2.05. The number of hydrogen-bond donors (Lipinski definition) is 1. The summed E-state index contributed by atoms with van der Waals surface area (Å²) in [6, 6.07) is -0.268. The summed E-state index contributed by atoms with van der Waals surface area (Å²) in [7, 11) is 2.20. The van der Waals surface area contributed by atoms with Gasteiger partial charge in [0, 0.05) is 38.3 Å². The van der Waals surface area contributed by atoms with Crippen molar-refractivity contribution >= 4 is 6.03 Å². The number of carbonyl (C=O) groups excluding carboxylic acids is 1. The van der Waals surface area contributed by atoms with Gasteiger partial charge in [-0.3, -0.25) is 4.90 Å². The van der Waals surface area contributed by atoms with Crippen molar-refractivity contribution in [3.05, 3.63) is 0 Å². The van der Waals surface area contributed by atoms with Crippen LogP contribution in [0.1, 0.15) is 26.2 Å². The molecule has 0 bridgehead atoms. The maximum absolute atomic E-state index is 11.2. The van der Waals surface area contributed by atoms with Crippen molar-refractivity contribution in [3.63, 3.8) is 0 Å². The normalized spacial score (nSPS) is 25.6. The molecule has 5 heteroatoms. The van der Waals surface area contributed by atoms with E-state index in [9.17, 15) is 4.79 Å². The quantitative estimate of drug-likeness (QED) is 0.783. The van der Waals surface area contributed by atoms with Gasteiger partial charge in [0.1, 0.15) is 0 Å². The molecule has 0 atom stereocenters. The molecule has 1 spiro atoms. The summed E-state index contributed by atoms with van der Waals surface area (Å²) in [4.78, 5) is 18.1. The van der Waals surface area contributed by atoms with Crippen molar-refractivity contribution in [2.45, 2.75) is 31.7 Å². The number of nitrogens with zero attached hydrogens (tertiary/aromatic N) is 3. The second-order valence-electron chi connectivity index (χ2n) is 5.77. The smallest absolute Gasteiger partial charge is 0.314 e. The van der Waals surface area contributed by atoms with Gasteiger partial charge in [-0.05, 0) is 32.9 Å². The lowest BCUT2D eigenvalue weighted by Gasteiger charge is -2.53. The van der Waals surface area contributed by atoms with Crippen molar-refractivity contribution < 1.29 is 4.79 Å². The molecular formula is C13H26N4O. The molecule has 0 aromatic carbocycles. The minimum Gasteiger partial charge on any atom is -0.351 e. The van der Waals surface area contributed by atoms with Gasteiger partial charge >= 0.3 is 6.03 Å². The van der Waals surface area contributed by atoms with E-state index in [-0.39, 0.29) is 11.6 Å². The zero-order valence-corrected chi connectivity index (χ0v) is 11.7. The molecule has 2 fully saturated rings. The highest BCUT2D eigenvalue weighted by Gasteiger charge is 2.42. The Morgan fingerprint density at radius 3 is 2.44 bits per heavy atom. The monoisotopic (exact) mass is 254 g/mol. The number of nitrogens with two attached hydrogens (primary N) is 1. The van der Waals surface area contributed by atoms with Gasteiger partial charge in [0.05, 0.1) is 0 Å². The van der Waals surface area contributed by atoms with Crippen LogP contribution < -0.4 is 5.73 Å². The first-order valence-corrected chi connectivity index (χ1v) is 7.05. The van der Waals surface area contributed by atoms with Gasteiger partial charge < -0.3 is 15.5 Å². The van der Waals surface area contributed by atoms with E-state index in [1.54, 1.807) is 4.90 Å². The average Bonchev–Trinajstić information content (AvgIpc) is 2.34. The minimum absolute atomic E-state index is 0.268. The van der Waals surface area contributed by atoms with Gasteiger partial charge in [0.2, 0.25) is 0 Å². The van der Waals surface area contributed by atoms with Crippen LogP contribution in [0.3, 0.4) is 0 Å². The lowest BCUT2D eigenvalue weighted by atomic mass is 9.83. The van der Waals surface area contributed by atoms with Gasteiger partial charge in [-0.2, -0.15) is 0 Å². The number of likely N-dealkylation sites (N-methyl/N-ethyl adjacent to an activating group) is 1. The van der Waals surface area contributed by atoms with Crippen molar-refractivity contribution in [1.29, 1.82) is 0 Å². The largest absolute Gasteiger partial charge is 0.351 e. The van der Waals surface area contributed by atoms with Crippen LogP contribution in [-0.4, -0.2) is 72.6 Å². The molecule has 0 aromatic heterocycles. The SMILES string of the molecule is CCCN1CCN(C)CC12CCN(C(N)=O)CC2. The molecule has 2 N–H and O–H groups in total. The Kier molecular flexibility index (Phi) is 4.12. The molecule has 0 unspecified atom stereocenters. The van der Waals surface area contributed by atoms with Crippen LogP contribution in [0.4, 0.5) is 4.79 Å². The molecule has 5 nitrogen and oxygen atoms in total. The highest BCUT2D eigenvalue weighted by Crippen LogP contribution is 2.32. The second-order valence-corrected chi connectivity index (χ2v) is 5.77. The molecule has 2 aliphatic rings. The maximum Gasteiger partial charge on any atom is 0.314 e. The molecule has 0 saturated carbocycles. The van der Waals surface area contributed by atoms with Crippen LogP contribution in [0.15, 0.2) is 0 Å². The average molecular weight is 254 g/mol. The molecule has 0 radical (unpaired) electrons. The fraction of sp³-hybridized carbons (Fsp3) is 0.923. The fourth-order valence-electron chi connectivity index (χ4n) is 3.45. The zero-order chi connectivity index (χ0) is 13.2. The van der Waals surface area contributed by atoms with Crippen LogP contribution in [0, 0.1) is 0 Å². The highest BCUT2D eigenvalue weighted by molar-refractivity contribution is 5.72. The third-order valence-electron chi connectivity index (χ3n) is 4.49. The Morgan fingerprint density at radius 1 is 1.22 bits per heavy atom. The number of hydrogen-bond acceptors (Lipinski definition) is 3. The van der Waals surface area contributed by atoms with Crippen LogP contribution in [0.5, 0.6) is 0 Å². The maximum atomic E-state index is 11.2. The molecule has 2 amide bonds. The molecule has 104 valence electrons. The predicted octanol–water partition coefficient (Wildman–Crippen LogP) is 0.557. The molecular weight excluding hydrogens is 228 g/mol. The number of piperazine rings is 1. The van der Waals surface area contributed by atoms with Crippen LogP contribution in [-0.2, 0) is 0 Å². The molecule has 2 heterocycles. The van der Waals surface area contributed by atoms with Gasteiger partial charge in [0.25, 0.3) is 0 Å². The van der Waals surface area contributed by atoms with Crippen molar-refractivity contribution in [1.82, 2.24) is 14.7 Å². The van der Waals surface area contributed by atoms with Gasteiger partial charge in [-0.15, -0.1) is 0 Å². The van der Waals surface area contributed by atoms with E-state index in [0.717, 1.165) is 45.6 Å². The minimum atomic E-state index is -0.268. The Labute approximate surface area is 110 Å². The summed E-state index contributed by atoms with van der Waals surface area (Å²) in [6.45, 7) is 8.46. The number of carbonyl (C=O) groups is 1. The Hall–Kier alpha value is -0.810. The third kappa shape index (κ3) is 2.62. The highest BCUT2D eigenvalue weighted by atomic mass is 16.2.